The number of hydrogen-bond acceptors (Lipinski definition) is 5. The Labute approximate surface area is 126 Å². The van der Waals surface area contributed by atoms with Gasteiger partial charge < -0.3 is 14.8 Å². The average Bonchev–Trinajstić information content (AvgIpc) is 2.80. The SMILES string of the molecule is CCCn1c(Cc2cccc(O)c2)nnc1SCC(=O)O. The smallest absolute Gasteiger partial charge is 0.313 e. The zero-order valence-corrected chi connectivity index (χ0v) is 12.5. The molecule has 0 bridgehead atoms. The third-order valence-electron chi connectivity index (χ3n) is 2.84. The van der Waals surface area contributed by atoms with Crippen LogP contribution in [0.3, 0.4) is 0 Å². The number of rotatable bonds is 7. The second-order valence-corrected chi connectivity index (χ2v) is 5.52. The number of phenolic OH excluding ortho intramolecular Hbond substituents is 1. The Kier molecular flexibility index (Phi) is 5.21. The lowest BCUT2D eigenvalue weighted by atomic mass is 10.1. The van der Waals surface area contributed by atoms with Crippen LogP contribution in [0, 0.1) is 0 Å². The molecule has 2 N–H and O–H groups in total. The van der Waals surface area contributed by atoms with E-state index in [9.17, 15) is 9.90 Å². The third kappa shape index (κ3) is 4.22. The van der Waals surface area contributed by atoms with Gasteiger partial charge in [0.2, 0.25) is 0 Å². The van der Waals surface area contributed by atoms with Crippen LogP contribution in [0.1, 0.15) is 24.7 Å². The van der Waals surface area contributed by atoms with E-state index >= 15 is 0 Å². The molecule has 6 nitrogen and oxygen atoms in total. The molecule has 0 unspecified atom stereocenters. The number of benzene rings is 1. The molecule has 0 aliphatic heterocycles. The molecule has 0 saturated heterocycles. The monoisotopic (exact) mass is 307 g/mol. The molecule has 7 heteroatoms. The van der Waals surface area contributed by atoms with Gasteiger partial charge in [0.15, 0.2) is 5.16 Å². The van der Waals surface area contributed by atoms with Crippen molar-refractivity contribution < 1.29 is 15.0 Å². The Morgan fingerprint density at radius 2 is 2.19 bits per heavy atom. The Morgan fingerprint density at radius 1 is 1.38 bits per heavy atom. The molecule has 0 atom stereocenters. The zero-order valence-electron chi connectivity index (χ0n) is 11.7. The van der Waals surface area contributed by atoms with Crippen LogP contribution in [0.15, 0.2) is 29.4 Å². The number of carboxylic acid groups (broad SMARTS) is 1. The lowest BCUT2D eigenvalue weighted by Crippen LogP contribution is -2.07. The van der Waals surface area contributed by atoms with Gasteiger partial charge in [-0.3, -0.25) is 4.79 Å². The Morgan fingerprint density at radius 3 is 2.86 bits per heavy atom. The van der Waals surface area contributed by atoms with Crippen LogP contribution in [0.4, 0.5) is 0 Å². The van der Waals surface area contributed by atoms with E-state index in [0.717, 1.165) is 24.4 Å². The molecule has 1 aromatic heterocycles. The van der Waals surface area contributed by atoms with Crippen LogP contribution in [-0.2, 0) is 17.8 Å². The molecule has 2 aromatic rings. The molecule has 1 heterocycles. The normalized spacial score (nSPS) is 10.7. The Hall–Kier alpha value is -2.02. The molecule has 0 saturated carbocycles. The molecule has 0 radical (unpaired) electrons. The van der Waals surface area contributed by atoms with Gasteiger partial charge in [0.05, 0.1) is 5.75 Å². The highest BCUT2D eigenvalue weighted by Crippen LogP contribution is 2.20. The fourth-order valence-corrected chi connectivity index (χ4v) is 2.68. The predicted octanol–water partition coefficient (Wildman–Crippen LogP) is 2.16. The van der Waals surface area contributed by atoms with E-state index in [4.69, 9.17) is 5.11 Å². The minimum Gasteiger partial charge on any atom is -0.508 e. The number of thioether (sulfide) groups is 1. The van der Waals surface area contributed by atoms with Crippen LogP contribution < -0.4 is 0 Å². The van der Waals surface area contributed by atoms with Crippen LogP contribution >= 0.6 is 11.8 Å². The summed E-state index contributed by atoms with van der Waals surface area (Å²) in [5.41, 5.74) is 0.939. The summed E-state index contributed by atoms with van der Waals surface area (Å²) in [6, 6.07) is 7.00. The number of aromatic nitrogens is 3. The molecule has 0 fully saturated rings. The van der Waals surface area contributed by atoms with Crippen molar-refractivity contribution in [3.63, 3.8) is 0 Å². The van der Waals surface area contributed by atoms with Crippen molar-refractivity contribution >= 4 is 17.7 Å². The van der Waals surface area contributed by atoms with E-state index < -0.39 is 5.97 Å². The molecule has 112 valence electrons. The topological polar surface area (TPSA) is 88.2 Å². The van der Waals surface area contributed by atoms with Gasteiger partial charge in [0, 0.05) is 13.0 Å². The second-order valence-electron chi connectivity index (χ2n) is 4.58. The quantitative estimate of drug-likeness (QED) is 0.762. The summed E-state index contributed by atoms with van der Waals surface area (Å²) in [6.45, 7) is 2.78. The van der Waals surface area contributed by atoms with Gasteiger partial charge in [-0.25, -0.2) is 0 Å². The van der Waals surface area contributed by atoms with Crippen LogP contribution in [0.5, 0.6) is 5.75 Å². The summed E-state index contributed by atoms with van der Waals surface area (Å²) in [5.74, 6) is 0.0824. The van der Waals surface area contributed by atoms with Crippen molar-refractivity contribution in [3.8, 4) is 5.75 Å². The van der Waals surface area contributed by atoms with Crippen molar-refractivity contribution in [1.82, 2.24) is 14.8 Å². The van der Waals surface area contributed by atoms with E-state index in [0.29, 0.717) is 11.6 Å². The maximum atomic E-state index is 10.7. The Bertz CT molecular complexity index is 628. The number of phenols is 1. The van der Waals surface area contributed by atoms with Gasteiger partial charge in [-0.05, 0) is 24.1 Å². The lowest BCUT2D eigenvalue weighted by Gasteiger charge is -2.08. The summed E-state index contributed by atoms with van der Waals surface area (Å²) in [6.07, 6.45) is 1.46. The minimum atomic E-state index is -0.874. The highest BCUT2D eigenvalue weighted by atomic mass is 32.2. The standard InChI is InChI=1S/C14H17N3O3S/c1-2-6-17-12(8-10-4-3-5-11(18)7-10)15-16-14(17)21-9-13(19)20/h3-5,7,18H,2,6,8-9H2,1H3,(H,19,20). The summed E-state index contributed by atoms with van der Waals surface area (Å²) in [5, 5.41) is 27.1. The van der Waals surface area contributed by atoms with E-state index in [1.54, 1.807) is 18.2 Å². The number of hydrogen-bond donors (Lipinski definition) is 2. The largest absolute Gasteiger partial charge is 0.508 e. The molecular weight excluding hydrogens is 290 g/mol. The number of carbonyl (C=O) groups is 1. The maximum Gasteiger partial charge on any atom is 0.313 e. The minimum absolute atomic E-state index is 0.0338. The summed E-state index contributed by atoms with van der Waals surface area (Å²) in [7, 11) is 0. The first-order valence-corrected chi connectivity index (χ1v) is 7.63. The molecule has 0 spiro atoms. The van der Waals surface area contributed by atoms with E-state index in [-0.39, 0.29) is 11.5 Å². The van der Waals surface area contributed by atoms with E-state index in [1.165, 1.54) is 11.8 Å². The van der Waals surface area contributed by atoms with Crippen molar-refractivity contribution in [2.45, 2.75) is 31.5 Å². The first kappa shape index (κ1) is 15.4. The maximum absolute atomic E-state index is 10.7. The number of carboxylic acids is 1. The highest BCUT2D eigenvalue weighted by molar-refractivity contribution is 7.99. The zero-order chi connectivity index (χ0) is 15.2. The van der Waals surface area contributed by atoms with Gasteiger partial charge in [-0.15, -0.1) is 10.2 Å². The van der Waals surface area contributed by atoms with Crippen LogP contribution in [0.2, 0.25) is 0 Å². The first-order valence-electron chi connectivity index (χ1n) is 6.64. The molecule has 0 aliphatic carbocycles. The third-order valence-corrected chi connectivity index (χ3v) is 3.79. The molecule has 2 rings (SSSR count). The molecular formula is C14H17N3O3S. The van der Waals surface area contributed by atoms with E-state index in [2.05, 4.69) is 10.2 Å². The van der Waals surface area contributed by atoms with E-state index in [1.807, 2.05) is 17.6 Å². The molecule has 21 heavy (non-hydrogen) atoms. The number of nitrogens with zero attached hydrogens (tertiary/aromatic N) is 3. The molecule has 1 aromatic carbocycles. The summed E-state index contributed by atoms with van der Waals surface area (Å²) >= 11 is 1.17. The van der Waals surface area contributed by atoms with Gasteiger partial charge in [0.25, 0.3) is 0 Å². The van der Waals surface area contributed by atoms with Gasteiger partial charge in [-0.2, -0.15) is 0 Å². The van der Waals surface area contributed by atoms with Gasteiger partial charge in [0.1, 0.15) is 11.6 Å². The summed E-state index contributed by atoms with van der Waals surface area (Å²) in [4.78, 5) is 10.7. The van der Waals surface area contributed by atoms with Crippen LogP contribution in [-0.4, -0.2) is 36.7 Å². The number of aromatic hydroxyl groups is 1. The van der Waals surface area contributed by atoms with Crippen molar-refractivity contribution in [2.24, 2.45) is 0 Å². The molecule has 0 aliphatic rings. The predicted molar refractivity (Wildman–Crippen MR) is 79.6 cm³/mol. The lowest BCUT2D eigenvalue weighted by molar-refractivity contribution is -0.133. The number of aliphatic carboxylic acids is 1. The van der Waals surface area contributed by atoms with Crippen LogP contribution in [0.25, 0.3) is 0 Å². The fraction of sp³-hybridized carbons (Fsp3) is 0.357. The highest BCUT2D eigenvalue weighted by Gasteiger charge is 2.14. The second kappa shape index (κ2) is 7.12. The Balaban J connectivity index is 2.20. The van der Waals surface area contributed by atoms with Crippen molar-refractivity contribution in [3.05, 3.63) is 35.7 Å². The fourth-order valence-electron chi connectivity index (χ4n) is 1.98. The summed E-state index contributed by atoms with van der Waals surface area (Å²) < 4.78 is 1.94. The van der Waals surface area contributed by atoms with Crippen molar-refractivity contribution in [1.29, 1.82) is 0 Å². The first-order chi connectivity index (χ1) is 10.1. The average molecular weight is 307 g/mol. The van der Waals surface area contributed by atoms with Gasteiger partial charge >= 0.3 is 5.97 Å². The van der Waals surface area contributed by atoms with Gasteiger partial charge in [-0.1, -0.05) is 30.8 Å². The van der Waals surface area contributed by atoms with Crippen molar-refractivity contribution in [2.75, 3.05) is 5.75 Å². The molecule has 0 amide bonds.